The summed E-state index contributed by atoms with van der Waals surface area (Å²) < 4.78 is 6.85. The van der Waals surface area contributed by atoms with Crippen LogP contribution in [0, 0.1) is 6.92 Å². The van der Waals surface area contributed by atoms with Crippen LogP contribution in [0.15, 0.2) is 22.7 Å². The molecule has 2 rings (SSSR count). The van der Waals surface area contributed by atoms with E-state index in [0.717, 1.165) is 46.5 Å². The van der Waals surface area contributed by atoms with Crippen molar-refractivity contribution >= 4 is 33.1 Å². The Balaban J connectivity index is 2.10. The van der Waals surface area contributed by atoms with E-state index >= 15 is 0 Å². The highest BCUT2D eigenvalue weighted by molar-refractivity contribution is 9.10. The first kappa shape index (κ1) is 16.4. The van der Waals surface area contributed by atoms with Gasteiger partial charge < -0.3 is 9.64 Å². The summed E-state index contributed by atoms with van der Waals surface area (Å²) in [6, 6.07) is 2.08. The first-order valence-corrected chi connectivity index (χ1v) is 8.43. The van der Waals surface area contributed by atoms with Gasteiger partial charge >= 0.3 is 0 Å². The molecule has 1 aliphatic carbocycles. The second-order valence-corrected chi connectivity index (χ2v) is 6.61. The van der Waals surface area contributed by atoms with E-state index < -0.39 is 0 Å². The smallest absolute Gasteiger partial charge is 0.228 e. The molecular formula is C16H21BrN2OS. The van der Waals surface area contributed by atoms with Crippen LogP contribution >= 0.6 is 28.1 Å². The molecule has 1 aromatic heterocycles. The maximum atomic E-state index is 5.95. The fourth-order valence-electron chi connectivity index (χ4n) is 2.18. The summed E-state index contributed by atoms with van der Waals surface area (Å²) in [6.45, 7) is 5.03. The van der Waals surface area contributed by atoms with Crippen LogP contribution in [0.1, 0.15) is 31.0 Å². The third-order valence-electron chi connectivity index (χ3n) is 3.72. The maximum absolute atomic E-state index is 5.95. The number of hydrogen-bond donors (Lipinski definition) is 0. The predicted octanol–water partition coefficient (Wildman–Crippen LogP) is 4.07. The average molecular weight is 369 g/mol. The van der Waals surface area contributed by atoms with Gasteiger partial charge in [-0.1, -0.05) is 24.4 Å². The second-order valence-electron chi connectivity index (χ2n) is 5.29. The first-order valence-electron chi connectivity index (χ1n) is 7.23. The SMILES string of the molecule is CCN(C)C(=S)Cc1cc(Br)c(OC2CC=CC2)nc1C. The Hall–Kier alpha value is -0.940. The number of hydrogen-bond acceptors (Lipinski definition) is 3. The normalized spacial score (nSPS) is 14.5. The molecule has 0 aliphatic heterocycles. The van der Waals surface area contributed by atoms with Gasteiger partial charge in [-0.3, -0.25) is 0 Å². The molecule has 0 saturated carbocycles. The third-order valence-corrected chi connectivity index (χ3v) is 4.75. The quantitative estimate of drug-likeness (QED) is 0.577. The third kappa shape index (κ3) is 4.27. The van der Waals surface area contributed by atoms with Gasteiger partial charge in [0.2, 0.25) is 5.88 Å². The van der Waals surface area contributed by atoms with E-state index in [1.165, 1.54) is 0 Å². The fraction of sp³-hybridized carbons (Fsp3) is 0.500. The highest BCUT2D eigenvalue weighted by Gasteiger charge is 2.16. The molecule has 0 unspecified atom stereocenters. The van der Waals surface area contributed by atoms with Crippen molar-refractivity contribution in [3.63, 3.8) is 0 Å². The minimum Gasteiger partial charge on any atom is -0.473 e. The summed E-state index contributed by atoms with van der Waals surface area (Å²) in [5, 5.41) is 0. The molecule has 114 valence electrons. The number of nitrogens with zero attached hydrogens (tertiary/aromatic N) is 2. The van der Waals surface area contributed by atoms with E-state index in [4.69, 9.17) is 17.0 Å². The Labute approximate surface area is 140 Å². The molecule has 0 amide bonds. The molecule has 0 saturated heterocycles. The van der Waals surface area contributed by atoms with Crippen LogP contribution in [0.4, 0.5) is 0 Å². The second kappa shape index (κ2) is 7.36. The lowest BCUT2D eigenvalue weighted by atomic mass is 10.1. The Morgan fingerprint density at radius 2 is 2.14 bits per heavy atom. The Bertz CT molecular complexity index is 551. The zero-order valence-electron chi connectivity index (χ0n) is 12.7. The lowest BCUT2D eigenvalue weighted by Gasteiger charge is -2.19. The van der Waals surface area contributed by atoms with Crippen molar-refractivity contribution in [2.75, 3.05) is 13.6 Å². The van der Waals surface area contributed by atoms with Crippen LogP contribution in [0.5, 0.6) is 5.88 Å². The van der Waals surface area contributed by atoms with Crippen LogP contribution < -0.4 is 4.74 Å². The van der Waals surface area contributed by atoms with Gasteiger partial charge in [-0.05, 0) is 41.4 Å². The standard InChI is InChI=1S/C16H21BrN2OS/c1-4-19(3)15(21)10-12-9-14(17)16(18-11(12)2)20-13-7-5-6-8-13/h5-6,9,13H,4,7-8,10H2,1-3H3. The molecule has 0 aromatic carbocycles. The minimum atomic E-state index is 0.214. The average Bonchev–Trinajstić information content (AvgIpc) is 2.96. The molecule has 21 heavy (non-hydrogen) atoms. The number of rotatable bonds is 5. The van der Waals surface area contributed by atoms with E-state index in [1.807, 2.05) is 14.0 Å². The van der Waals surface area contributed by atoms with Gasteiger partial charge in [-0.2, -0.15) is 0 Å². The highest BCUT2D eigenvalue weighted by Crippen LogP contribution is 2.28. The number of aryl methyl sites for hydroxylation is 1. The Morgan fingerprint density at radius 3 is 2.76 bits per heavy atom. The molecule has 0 radical (unpaired) electrons. The highest BCUT2D eigenvalue weighted by atomic mass is 79.9. The van der Waals surface area contributed by atoms with Gasteiger partial charge in [-0.25, -0.2) is 4.98 Å². The maximum Gasteiger partial charge on any atom is 0.228 e. The molecule has 0 fully saturated rings. The zero-order valence-corrected chi connectivity index (χ0v) is 15.1. The molecule has 1 aromatic rings. The monoisotopic (exact) mass is 368 g/mol. The number of thiocarbonyl (C=S) groups is 1. The van der Waals surface area contributed by atoms with Gasteiger partial charge in [0.15, 0.2) is 0 Å². The molecule has 0 bridgehead atoms. The van der Waals surface area contributed by atoms with Crippen molar-refractivity contribution in [1.82, 2.24) is 9.88 Å². The van der Waals surface area contributed by atoms with Crippen LogP contribution in [-0.4, -0.2) is 34.6 Å². The van der Waals surface area contributed by atoms with Gasteiger partial charge in [-0.15, -0.1) is 0 Å². The number of halogens is 1. The van der Waals surface area contributed by atoms with E-state index in [1.54, 1.807) is 0 Å². The van der Waals surface area contributed by atoms with Gasteiger partial charge in [0.05, 0.1) is 9.46 Å². The number of pyridine rings is 1. The van der Waals surface area contributed by atoms with Gasteiger partial charge in [0, 0.05) is 38.5 Å². The molecule has 0 spiro atoms. The molecule has 1 aliphatic rings. The summed E-state index contributed by atoms with van der Waals surface area (Å²) in [7, 11) is 2.02. The van der Waals surface area contributed by atoms with Crippen molar-refractivity contribution in [2.24, 2.45) is 0 Å². The van der Waals surface area contributed by atoms with Gasteiger partial charge in [0.25, 0.3) is 0 Å². The number of aromatic nitrogens is 1. The lowest BCUT2D eigenvalue weighted by molar-refractivity contribution is 0.205. The molecule has 3 nitrogen and oxygen atoms in total. The minimum absolute atomic E-state index is 0.214. The topological polar surface area (TPSA) is 25.4 Å². The summed E-state index contributed by atoms with van der Waals surface area (Å²) in [4.78, 5) is 7.61. The molecule has 0 N–H and O–H groups in total. The predicted molar refractivity (Wildman–Crippen MR) is 94.1 cm³/mol. The first-order chi connectivity index (χ1) is 10.0. The molecule has 5 heteroatoms. The fourth-order valence-corrected chi connectivity index (χ4v) is 2.92. The number of ether oxygens (including phenoxy) is 1. The van der Waals surface area contributed by atoms with Crippen LogP contribution in [0.25, 0.3) is 0 Å². The van der Waals surface area contributed by atoms with Crippen LogP contribution in [-0.2, 0) is 6.42 Å². The zero-order chi connectivity index (χ0) is 15.4. The summed E-state index contributed by atoms with van der Waals surface area (Å²) in [6.07, 6.45) is 7.17. The number of likely N-dealkylation sites (N-methyl/N-ethyl adjacent to an activating group) is 1. The van der Waals surface area contributed by atoms with E-state index in [-0.39, 0.29) is 6.10 Å². The van der Waals surface area contributed by atoms with Crippen molar-refractivity contribution in [3.8, 4) is 5.88 Å². The Morgan fingerprint density at radius 1 is 1.48 bits per heavy atom. The summed E-state index contributed by atoms with van der Waals surface area (Å²) in [5.74, 6) is 0.680. The van der Waals surface area contributed by atoms with Crippen molar-refractivity contribution in [1.29, 1.82) is 0 Å². The largest absolute Gasteiger partial charge is 0.473 e. The summed E-state index contributed by atoms with van der Waals surface area (Å²) in [5.41, 5.74) is 2.12. The molecule has 0 atom stereocenters. The molecular weight excluding hydrogens is 348 g/mol. The van der Waals surface area contributed by atoms with E-state index in [0.29, 0.717) is 5.88 Å². The van der Waals surface area contributed by atoms with Gasteiger partial charge in [0.1, 0.15) is 6.10 Å². The summed E-state index contributed by atoms with van der Waals surface area (Å²) >= 11 is 9.02. The lowest BCUT2D eigenvalue weighted by Crippen LogP contribution is -2.26. The Kier molecular flexibility index (Phi) is 5.76. The molecule has 1 heterocycles. The van der Waals surface area contributed by atoms with E-state index in [2.05, 4.69) is 51.0 Å². The van der Waals surface area contributed by atoms with Crippen molar-refractivity contribution in [3.05, 3.63) is 33.9 Å². The van der Waals surface area contributed by atoms with Crippen molar-refractivity contribution in [2.45, 2.75) is 39.2 Å². The van der Waals surface area contributed by atoms with Crippen LogP contribution in [0.3, 0.4) is 0 Å². The van der Waals surface area contributed by atoms with Crippen LogP contribution in [0.2, 0.25) is 0 Å². The van der Waals surface area contributed by atoms with Crippen molar-refractivity contribution < 1.29 is 4.74 Å². The van der Waals surface area contributed by atoms with E-state index in [9.17, 15) is 0 Å².